The zero-order chi connectivity index (χ0) is 13.7. The minimum absolute atomic E-state index is 0.169. The Morgan fingerprint density at radius 2 is 2.16 bits per heavy atom. The van der Waals surface area contributed by atoms with E-state index >= 15 is 0 Å². The van der Waals surface area contributed by atoms with Crippen molar-refractivity contribution in [1.29, 1.82) is 0 Å². The molecule has 1 unspecified atom stereocenters. The summed E-state index contributed by atoms with van der Waals surface area (Å²) in [5.41, 5.74) is 1.25. The molecule has 1 fully saturated rings. The lowest BCUT2D eigenvalue weighted by Gasteiger charge is -2.38. The van der Waals surface area contributed by atoms with E-state index in [1.165, 1.54) is 5.69 Å². The second-order valence-electron chi connectivity index (χ2n) is 5.11. The van der Waals surface area contributed by atoms with E-state index in [4.69, 9.17) is 0 Å². The number of hydrogen-bond donors (Lipinski definition) is 1. The first-order chi connectivity index (χ1) is 9.22. The molecule has 1 N–H and O–H groups in total. The van der Waals surface area contributed by atoms with Crippen LogP contribution in [-0.4, -0.2) is 50.6 Å². The van der Waals surface area contributed by atoms with Gasteiger partial charge in [0.1, 0.15) is 0 Å². The largest absolute Gasteiger partial charge is 0.369 e. The van der Waals surface area contributed by atoms with Crippen molar-refractivity contribution < 1.29 is 4.79 Å². The molecular weight excluding hydrogens is 238 g/mol. The third-order valence-electron chi connectivity index (χ3n) is 3.79. The zero-order valence-corrected chi connectivity index (χ0v) is 11.8. The number of nitrogens with one attached hydrogen (secondary N) is 1. The molecule has 1 aromatic carbocycles. The maximum atomic E-state index is 11.9. The predicted octanol–water partition coefficient (Wildman–Crippen LogP) is 1.33. The van der Waals surface area contributed by atoms with Crippen molar-refractivity contribution >= 4 is 11.6 Å². The van der Waals surface area contributed by atoms with Gasteiger partial charge in [0.2, 0.25) is 5.91 Å². The van der Waals surface area contributed by atoms with Gasteiger partial charge >= 0.3 is 0 Å². The van der Waals surface area contributed by atoms with Crippen LogP contribution < -0.4 is 10.2 Å². The van der Waals surface area contributed by atoms with E-state index in [1.807, 2.05) is 25.1 Å². The Morgan fingerprint density at radius 3 is 2.84 bits per heavy atom. The van der Waals surface area contributed by atoms with Crippen LogP contribution >= 0.6 is 0 Å². The van der Waals surface area contributed by atoms with Gasteiger partial charge in [-0.15, -0.1) is 0 Å². The summed E-state index contributed by atoms with van der Waals surface area (Å²) in [4.78, 5) is 16.2. The molecule has 1 atom stereocenters. The molecule has 0 aliphatic carbocycles. The highest BCUT2D eigenvalue weighted by atomic mass is 16.2. The zero-order valence-electron chi connectivity index (χ0n) is 11.8. The van der Waals surface area contributed by atoms with Crippen molar-refractivity contribution in [3.8, 4) is 0 Å². The number of anilines is 1. The fourth-order valence-electron chi connectivity index (χ4n) is 2.62. The average Bonchev–Trinajstić information content (AvgIpc) is 2.48. The van der Waals surface area contributed by atoms with Crippen LogP contribution in [0.2, 0.25) is 0 Å². The summed E-state index contributed by atoms with van der Waals surface area (Å²) < 4.78 is 0. The maximum absolute atomic E-state index is 11.9. The van der Waals surface area contributed by atoms with Crippen LogP contribution in [0.5, 0.6) is 0 Å². The van der Waals surface area contributed by atoms with Crippen molar-refractivity contribution in [1.82, 2.24) is 10.2 Å². The number of benzene rings is 1. The molecule has 1 heterocycles. The second kappa shape index (κ2) is 6.57. The number of nitrogens with zero attached hydrogens (tertiary/aromatic N) is 2. The molecule has 1 aliphatic rings. The van der Waals surface area contributed by atoms with Crippen molar-refractivity contribution in [3.63, 3.8) is 0 Å². The van der Waals surface area contributed by atoms with Crippen LogP contribution in [0.25, 0.3) is 0 Å². The molecule has 0 aromatic heterocycles. The van der Waals surface area contributed by atoms with Gasteiger partial charge in [-0.3, -0.25) is 4.79 Å². The van der Waals surface area contributed by atoms with E-state index in [2.05, 4.69) is 34.5 Å². The Morgan fingerprint density at radius 1 is 1.42 bits per heavy atom. The molecule has 4 nitrogen and oxygen atoms in total. The van der Waals surface area contributed by atoms with Gasteiger partial charge in [0.15, 0.2) is 0 Å². The number of amides is 1. The summed E-state index contributed by atoms with van der Waals surface area (Å²) in [5, 5.41) is 2.93. The molecule has 19 heavy (non-hydrogen) atoms. The summed E-state index contributed by atoms with van der Waals surface area (Å²) in [6.07, 6.45) is 2.23. The van der Waals surface area contributed by atoms with Crippen molar-refractivity contribution in [2.24, 2.45) is 0 Å². The lowest BCUT2D eigenvalue weighted by Crippen LogP contribution is -2.50. The predicted molar refractivity (Wildman–Crippen MR) is 78.4 cm³/mol. The van der Waals surface area contributed by atoms with Crippen molar-refractivity contribution in [2.45, 2.75) is 18.9 Å². The Hall–Kier alpha value is -1.55. The van der Waals surface area contributed by atoms with Crippen molar-refractivity contribution in [3.05, 3.63) is 30.3 Å². The number of likely N-dealkylation sites (N-methyl/N-ethyl adjacent to an activating group) is 2. The number of hydrogen-bond acceptors (Lipinski definition) is 3. The number of rotatable bonds is 4. The molecule has 104 valence electrons. The van der Waals surface area contributed by atoms with E-state index in [9.17, 15) is 4.79 Å². The standard InChI is InChI=1S/C15H23N3O/c1-16-11-15(19)17(2)14-9-6-10-18(12-14)13-7-4-3-5-8-13/h3-5,7-8,14,16H,6,9-12H2,1-2H3. The summed E-state index contributed by atoms with van der Waals surface area (Å²) in [7, 11) is 3.72. The van der Waals surface area contributed by atoms with Gasteiger partial charge in [-0.2, -0.15) is 0 Å². The first kappa shape index (κ1) is 13.9. The average molecular weight is 261 g/mol. The number of carbonyl (C=O) groups excluding carboxylic acids is 1. The SMILES string of the molecule is CNCC(=O)N(C)C1CCCN(c2ccccc2)C1. The molecule has 0 bridgehead atoms. The van der Waals surface area contributed by atoms with Crippen LogP contribution in [0.3, 0.4) is 0 Å². The van der Waals surface area contributed by atoms with Gasteiger partial charge in [0, 0.05) is 31.9 Å². The van der Waals surface area contributed by atoms with E-state index in [0.717, 1.165) is 25.9 Å². The third kappa shape index (κ3) is 3.47. The van der Waals surface area contributed by atoms with Gasteiger partial charge in [-0.05, 0) is 32.0 Å². The monoisotopic (exact) mass is 261 g/mol. The Bertz CT molecular complexity index is 407. The normalized spacial score (nSPS) is 19.3. The highest BCUT2D eigenvalue weighted by molar-refractivity contribution is 5.78. The number of carbonyl (C=O) groups is 1. The first-order valence-corrected chi connectivity index (χ1v) is 6.92. The quantitative estimate of drug-likeness (QED) is 0.888. The smallest absolute Gasteiger partial charge is 0.236 e. The Labute approximate surface area is 115 Å². The van der Waals surface area contributed by atoms with Gasteiger partial charge in [-0.1, -0.05) is 18.2 Å². The third-order valence-corrected chi connectivity index (χ3v) is 3.79. The van der Waals surface area contributed by atoms with Gasteiger partial charge in [0.05, 0.1) is 6.54 Å². The summed E-state index contributed by atoms with van der Waals surface area (Å²) in [5.74, 6) is 0.169. The summed E-state index contributed by atoms with van der Waals surface area (Å²) in [6, 6.07) is 10.8. The second-order valence-corrected chi connectivity index (χ2v) is 5.11. The molecule has 0 radical (unpaired) electrons. The number of piperidine rings is 1. The molecule has 4 heteroatoms. The highest BCUT2D eigenvalue weighted by Crippen LogP contribution is 2.21. The van der Waals surface area contributed by atoms with Crippen LogP contribution in [0.4, 0.5) is 5.69 Å². The van der Waals surface area contributed by atoms with Crippen LogP contribution in [0.15, 0.2) is 30.3 Å². The topological polar surface area (TPSA) is 35.6 Å². The molecule has 0 spiro atoms. The molecule has 2 rings (SSSR count). The number of para-hydroxylation sites is 1. The Kier molecular flexibility index (Phi) is 4.80. The van der Waals surface area contributed by atoms with E-state index < -0.39 is 0 Å². The fraction of sp³-hybridized carbons (Fsp3) is 0.533. The summed E-state index contributed by atoms with van der Waals surface area (Å²) >= 11 is 0. The van der Waals surface area contributed by atoms with Gasteiger partial charge in [-0.25, -0.2) is 0 Å². The molecule has 0 saturated carbocycles. The highest BCUT2D eigenvalue weighted by Gasteiger charge is 2.25. The van der Waals surface area contributed by atoms with Crippen LogP contribution in [-0.2, 0) is 4.79 Å². The lowest BCUT2D eigenvalue weighted by atomic mass is 10.0. The summed E-state index contributed by atoms with van der Waals surface area (Å²) in [6.45, 7) is 2.42. The minimum Gasteiger partial charge on any atom is -0.369 e. The van der Waals surface area contributed by atoms with Gasteiger partial charge in [0.25, 0.3) is 0 Å². The minimum atomic E-state index is 0.169. The van der Waals surface area contributed by atoms with Crippen LogP contribution in [0.1, 0.15) is 12.8 Å². The molecule has 1 aliphatic heterocycles. The molecule has 1 saturated heterocycles. The van der Waals surface area contributed by atoms with E-state index in [-0.39, 0.29) is 5.91 Å². The van der Waals surface area contributed by atoms with E-state index in [1.54, 1.807) is 0 Å². The fourth-order valence-corrected chi connectivity index (χ4v) is 2.62. The molecule has 1 aromatic rings. The Balaban J connectivity index is 1.99. The molecular formula is C15H23N3O. The van der Waals surface area contributed by atoms with Gasteiger partial charge < -0.3 is 15.1 Å². The lowest BCUT2D eigenvalue weighted by molar-refractivity contribution is -0.131. The maximum Gasteiger partial charge on any atom is 0.236 e. The first-order valence-electron chi connectivity index (χ1n) is 6.92. The molecule has 1 amide bonds. The van der Waals surface area contributed by atoms with Crippen molar-refractivity contribution in [2.75, 3.05) is 38.6 Å². The van der Waals surface area contributed by atoms with E-state index in [0.29, 0.717) is 12.6 Å². The van der Waals surface area contributed by atoms with Crippen LogP contribution in [0, 0.1) is 0 Å².